The van der Waals surface area contributed by atoms with Gasteiger partial charge in [0.25, 0.3) is 0 Å². The molecule has 0 aliphatic heterocycles. The summed E-state index contributed by atoms with van der Waals surface area (Å²) in [4.78, 5) is 0. The summed E-state index contributed by atoms with van der Waals surface area (Å²) in [6.45, 7) is 7.09. The maximum Gasteiger partial charge on any atom is 0.0553 e. The minimum Gasteiger partial charge on any atom is -0.393 e. The van der Waals surface area contributed by atoms with Gasteiger partial charge in [-0.05, 0) is 38.0 Å². The van der Waals surface area contributed by atoms with E-state index < -0.39 is 0 Å². The molecule has 0 aliphatic carbocycles. The standard InChI is InChI=1S/C14H19NO/c1-4-15-9-12(8-11(3)16)14-10(2)6-5-7-13(14)15/h5-7,9,11,16H,4,8H2,1-3H3. The van der Waals surface area contributed by atoms with Gasteiger partial charge >= 0.3 is 0 Å². The van der Waals surface area contributed by atoms with Gasteiger partial charge in [-0.3, -0.25) is 0 Å². The minimum atomic E-state index is -0.282. The highest BCUT2D eigenvalue weighted by Gasteiger charge is 2.11. The molecule has 1 unspecified atom stereocenters. The highest BCUT2D eigenvalue weighted by molar-refractivity contribution is 5.87. The monoisotopic (exact) mass is 217 g/mol. The van der Waals surface area contributed by atoms with E-state index in [4.69, 9.17) is 0 Å². The fourth-order valence-corrected chi connectivity index (χ4v) is 2.37. The van der Waals surface area contributed by atoms with Crippen LogP contribution in [0, 0.1) is 6.92 Å². The first-order valence-electron chi connectivity index (χ1n) is 5.89. The van der Waals surface area contributed by atoms with Gasteiger partial charge in [-0.15, -0.1) is 0 Å². The van der Waals surface area contributed by atoms with Crippen LogP contribution in [0.2, 0.25) is 0 Å². The molecule has 1 heterocycles. The first kappa shape index (κ1) is 11.2. The van der Waals surface area contributed by atoms with E-state index >= 15 is 0 Å². The zero-order valence-corrected chi connectivity index (χ0v) is 10.2. The molecule has 0 aliphatic rings. The molecule has 0 bridgehead atoms. The van der Waals surface area contributed by atoms with Crippen LogP contribution < -0.4 is 0 Å². The summed E-state index contributed by atoms with van der Waals surface area (Å²) in [7, 11) is 0. The highest BCUT2D eigenvalue weighted by Crippen LogP contribution is 2.25. The van der Waals surface area contributed by atoms with Gasteiger partial charge in [0.2, 0.25) is 0 Å². The number of benzene rings is 1. The SMILES string of the molecule is CCn1cc(CC(C)O)c2c(C)cccc21. The maximum absolute atomic E-state index is 9.53. The second-order valence-corrected chi connectivity index (χ2v) is 4.46. The van der Waals surface area contributed by atoms with Gasteiger partial charge in [-0.25, -0.2) is 0 Å². The van der Waals surface area contributed by atoms with Crippen LogP contribution in [0.25, 0.3) is 10.9 Å². The van der Waals surface area contributed by atoms with E-state index in [-0.39, 0.29) is 6.10 Å². The lowest BCUT2D eigenvalue weighted by Gasteiger charge is -2.04. The van der Waals surface area contributed by atoms with Crippen molar-refractivity contribution in [3.05, 3.63) is 35.5 Å². The Labute approximate surface area is 96.5 Å². The van der Waals surface area contributed by atoms with Gasteiger partial charge in [0.15, 0.2) is 0 Å². The summed E-state index contributed by atoms with van der Waals surface area (Å²) in [5.41, 5.74) is 3.82. The van der Waals surface area contributed by atoms with Crippen molar-refractivity contribution >= 4 is 10.9 Å². The molecule has 2 heteroatoms. The minimum absolute atomic E-state index is 0.282. The third kappa shape index (κ3) is 1.85. The molecule has 0 amide bonds. The lowest BCUT2D eigenvalue weighted by Crippen LogP contribution is -2.03. The summed E-state index contributed by atoms with van der Waals surface area (Å²) in [6, 6.07) is 6.38. The van der Waals surface area contributed by atoms with Crippen LogP contribution in [0.5, 0.6) is 0 Å². The summed E-state index contributed by atoms with van der Waals surface area (Å²) in [5.74, 6) is 0. The van der Waals surface area contributed by atoms with Crippen molar-refractivity contribution < 1.29 is 5.11 Å². The van der Waals surface area contributed by atoms with E-state index in [1.807, 2.05) is 6.92 Å². The number of nitrogens with zero attached hydrogens (tertiary/aromatic N) is 1. The number of aryl methyl sites for hydroxylation is 2. The normalized spacial score (nSPS) is 13.2. The molecule has 2 aromatic rings. The summed E-state index contributed by atoms with van der Waals surface area (Å²) in [6.07, 6.45) is 2.62. The second kappa shape index (κ2) is 4.30. The number of hydrogen-bond acceptors (Lipinski definition) is 1. The lowest BCUT2D eigenvalue weighted by molar-refractivity contribution is 0.196. The van der Waals surface area contributed by atoms with Gasteiger partial charge in [0.05, 0.1) is 6.10 Å². The first-order chi connectivity index (χ1) is 7.63. The average Bonchev–Trinajstić information content (AvgIpc) is 2.57. The molecule has 16 heavy (non-hydrogen) atoms. The van der Waals surface area contributed by atoms with E-state index in [9.17, 15) is 5.11 Å². The van der Waals surface area contributed by atoms with Crippen LogP contribution in [0.15, 0.2) is 24.4 Å². The first-order valence-corrected chi connectivity index (χ1v) is 5.89. The van der Waals surface area contributed by atoms with E-state index in [0.29, 0.717) is 0 Å². The molecule has 1 aromatic carbocycles. The third-order valence-corrected chi connectivity index (χ3v) is 3.05. The summed E-state index contributed by atoms with van der Waals surface area (Å²) in [5, 5.41) is 10.8. The molecular weight excluding hydrogens is 198 g/mol. The third-order valence-electron chi connectivity index (χ3n) is 3.05. The predicted molar refractivity (Wildman–Crippen MR) is 67.7 cm³/mol. The highest BCUT2D eigenvalue weighted by atomic mass is 16.3. The van der Waals surface area contributed by atoms with Crippen LogP contribution in [-0.2, 0) is 13.0 Å². The summed E-state index contributed by atoms with van der Waals surface area (Å²) < 4.78 is 2.25. The topological polar surface area (TPSA) is 25.2 Å². The molecule has 0 spiro atoms. The Bertz CT molecular complexity index is 497. The Hall–Kier alpha value is -1.28. The van der Waals surface area contributed by atoms with Gasteiger partial charge in [0, 0.05) is 30.1 Å². The van der Waals surface area contributed by atoms with Crippen molar-refractivity contribution in [2.75, 3.05) is 0 Å². The van der Waals surface area contributed by atoms with Crippen LogP contribution in [-0.4, -0.2) is 15.8 Å². The molecule has 86 valence electrons. The molecule has 0 saturated carbocycles. The van der Waals surface area contributed by atoms with E-state index in [2.05, 4.69) is 42.8 Å². The van der Waals surface area contributed by atoms with Crippen molar-refractivity contribution in [2.24, 2.45) is 0 Å². The average molecular weight is 217 g/mol. The van der Waals surface area contributed by atoms with Crippen molar-refractivity contribution in [3.8, 4) is 0 Å². The van der Waals surface area contributed by atoms with E-state index in [0.717, 1.165) is 13.0 Å². The van der Waals surface area contributed by atoms with Crippen LogP contribution in [0.4, 0.5) is 0 Å². The Morgan fingerprint density at radius 1 is 1.38 bits per heavy atom. The zero-order chi connectivity index (χ0) is 11.7. The smallest absolute Gasteiger partial charge is 0.0553 e. The van der Waals surface area contributed by atoms with Gasteiger partial charge in [-0.1, -0.05) is 12.1 Å². The second-order valence-electron chi connectivity index (χ2n) is 4.46. The quantitative estimate of drug-likeness (QED) is 0.840. The van der Waals surface area contributed by atoms with Crippen LogP contribution in [0.1, 0.15) is 25.0 Å². The largest absolute Gasteiger partial charge is 0.393 e. The Morgan fingerprint density at radius 3 is 2.75 bits per heavy atom. The molecule has 0 radical (unpaired) electrons. The van der Waals surface area contributed by atoms with Gasteiger partial charge in [0.1, 0.15) is 0 Å². The van der Waals surface area contributed by atoms with Crippen molar-refractivity contribution in [3.63, 3.8) is 0 Å². The molecule has 2 nitrogen and oxygen atoms in total. The molecule has 0 saturated heterocycles. The van der Waals surface area contributed by atoms with Gasteiger partial charge in [-0.2, -0.15) is 0 Å². The van der Waals surface area contributed by atoms with Gasteiger partial charge < -0.3 is 9.67 Å². The van der Waals surface area contributed by atoms with Crippen molar-refractivity contribution in [2.45, 2.75) is 39.8 Å². The predicted octanol–water partition coefficient (Wildman–Crippen LogP) is 2.89. The van der Waals surface area contributed by atoms with Crippen molar-refractivity contribution in [1.82, 2.24) is 4.57 Å². The number of aromatic nitrogens is 1. The Kier molecular flexibility index (Phi) is 3.01. The number of hydrogen-bond donors (Lipinski definition) is 1. The van der Waals surface area contributed by atoms with Crippen LogP contribution >= 0.6 is 0 Å². The lowest BCUT2D eigenvalue weighted by atomic mass is 10.0. The number of aliphatic hydroxyl groups is 1. The maximum atomic E-state index is 9.53. The Balaban J connectivity index is 2.64. The molecule has 2 rings (SSSR count). The van der Waals surface area contributed by atoms with E-state index in [1.54, 1.807) is 0 Å². The molecule has 1 atom stereocenters. The molecule has 1 aromatic heterocycles. The van der Waals surface area contributed by atoms with Crippen LogP contribution in [0.3, 0.4) is 0 Å². The molecule has 1 N–H and O–H groups in total. The number of fused-ring (bicyclic) bond motifs is 1. The zero-order valence-electron chi connectivity index (χ0n) is 10.2. The fraction of sp³-hybridized carbons (Fsp3) is 0.429. The van der Waals surface area contributed by atoms with Crippen molar-refractivity contribution in [1.29, 1.82) is 0 Å². The molecular formula is C14H19NO. The summed E-state index contributed by atoms with van der Waals surface area (Å²) >= 11 is 0. The fourth-order valence-electron chi connectivity index (χ4n) is 2.37. The van der Waals surface area contributed by atoms with E-state index in [1.165, 1.54) is 22.0 Å². The Morgan fingerprint density at radius 2 is 2.12 bits per heavy atom. The number of rotatable bonds is 3. The number of aliphatic hydroxyl groups excluding tert-OH is 1. The molecule has 0 fully saturated rings.